The topological polar surface area (TPSA) is 38.0 Å². The molecule has 1 aliphatic rings. The second-order valence-electron chi connectivity index (χ2n) is 6.40. The summed E-state index contributed by atoms with van der Waals surface area (Å²) in [6, 6.07) is 12.4. The van der Waals surface area contributed by atoms with Crippen molar-refractivity contribution < 1.29 is 0 Å². The highest BCUT2D eigenvalue weighted by atomic mass is 35.5. The monoisotopic (exact) mass is 312 g/mol. The number of nitrogens with one attached hydrogen (secondary N) is 1. The zero-order valence-electron chi connectivity index (χ0n) is 13.2. The van der Waals surface area contributed by atoms with Gasteiger partial charge in [0.2, 0.25) is 0 Å². The third kappa shape index (κ3) is 2.65. The normalized spacial score (nSPS) is 15.8. The van der Waals surface area contributed by atoms with Crippen molar-refractivity contribution in [2.75, 3.05) is 5.32 Å². The molecule has 0 atom stereocenters. The molecule has 0 aromatic heterocycles. The van der Waals surface area contributed by atoms with E-state index >= 15 is 0 Å². The van der Waals surface area contributed by atoms with Gasteiger partial charge in [-0.1, -0.05) is 35.9 Å². The van der Waals surface area contributed by atoms with Crippen LogP contribution in [0.2, 0.25) is 5.02 Å². The lowest BCUT2D eigenvalue weighted by atomic mass is 9.89. The Balaban J connectivity index is 2.13. The lowest BCUT2D eigenvalue weighted by Crippen LogP contribution is -2.31. The molecule has 0 spiro atoms. The minimum absolute atomic E-state index is 0.0168. The molecule has 3 heteroatoms. The first-order valence-electron chi connectivity index (χ1n) is 7.51. The van der Waals surface area contributed by atoms with E-state index in [9.17, 15) is 0 Å². The minimum Gasteiger partial charge on any atom is -0.376 e. The van der Waals surface area contributed by atoms with E-state index in [2.05, 4.69) is 56.4 Å². The summed E-state index contributed by atoms with van der Waals surface area (Å²) in [6.45, 7) is 6.95. The molecule has 2 nitrogen and oxygen atoms in total. The van der Waals surface area contributed by atoms with Crippen molar-refractivity contribution >= 4 is 22.9 Å². The Kier molecular flexibility index (Phi) is 3.75. The van der Waals surface area contributed by atoms with Gasteiger partial charge in [-0.05, 0) is 61.2 Å². The van der Waals surface area contributed by atoms with Crippen molar-refractivity contribution in [3.05, 3.63) is 58.6 Å². The van der Waals surface area contributed by atoms with Crippen molar-refractivity contribution in [1.82, 2.24) is 0 Å². The van der Waals surface area contributed by atoms with Gasteiger partial charge < -0.3 is 11.1 Å². The number of halogens is 1. The number of rotatable bonds is 2. The van der Waals surface area contributed by atoms with Gasteiger partial charge in [-0.3, -0.25) is 0 Å². The lowest BCUT2D eigenvalue weighted by Gasteiger charge is -2.31. The summed E-state index contributed by atoms with van der Waals surface area (Å²) in [5, 5.41) is 4.28. The quantitative estimate of drug-likeness (QED) is 0.812. The second-order valence-corrected chi connectivity index (χ2v) is 6.81. The summed E-state index contributed by atoms with van der Waals surface area (Å²) in [5.41, 5.74) is 12.8. The highest BCUT2D eigenvalue weighted by molar-refractivity contribution is 6.31. The highest BCUT2D eigenvalue weighted by Crippen LogP contribution is 2.37. The average molecular weight is 313 g/mol. The van der Waals surface area contributed by atoms with Gasteiger partial charge in [0.25, 0.3) is 0 Å². The van der Waals surface area contributed by atoms with Gasteiger partial charge in [-0.15, -0.1) is 0 Å². The lowest BCUT2D eigenvalue weighted by molar-refractivity contribution is 0.707. The Morgan fingerprint density at radius 1 is 1.14 bits per heavy atom. The molecule has 22 heavy (non-hydrogen) atoms. The van der Waals surface area contributed by atoms with E-state index in [0.29, 0.717) is 6.54 Å². The summed E-state index contributed by atoms with van der Waals surface area (Å²) in [5.74, 6) is 0. The Bertz CT molecular complexity index is 760. The van der Waals surface area contributed by atoms with Gasteiger partial charge in [-0.2, -0.15) is 0 Å². The number of anilines is 1. The molecule has 0 saturated carbocycles. The number of allylic oxidation sites excluding steroid dienone is 1. The van der Waals surface area contributed by atoms with Crippen LogP contribution in [0.3, 0.4) is 0 Å². The molecule has 1 heterocycles. The van der Waals surface area contributed by atoms with E-state index in [-0.39, 0.29) is 5.54 Å². The summed E-state index contributed by atoms with van der Waals surface area (Å²) in [6.07, 6.45) is 2.26. The predicted octanol–water partition coefficient (Wildman–Crippen LogP) is 5.07. The number of benzene rings is 2. The maximum atomic E-state index is 6.29. The molecule has 0 saturated heterocycles. The number of nitrogens with two attached hydrogens (primary N) is 1. The van der Waals surface area contributed by atoms with E-state index in [1.54, 1.807) is 0 Å². The van der Waals surface area contributed by atoms with Crippen molar-refractivity contribution in [3.8, 4) is 11.1 Å². The van der Waals surface area contributed by atoms with Gasteiger partial charge in [0.1, 0.15) is 0 Å². The van der Waals surface area contributed by atoms with E-state index < -0.39 is 0 Å². The summed E-state index contributed by atoms with van der Waals surface area (Å²) in [4.78, 5) is 0. The van der Waals surface area contributed by atoms with Gasteiger partial charge in [0.15, 0.2) is 0 Å². The smallest absolute Gasteiger partial charge is 0.0505 e. The van der Waals surface area contributed by atoms with E-state index in [1.807, 2.05) is 12.1 Å². The van der Waals surface area contributed by atoms with Crippen molar-refractivity contribution in [2.45, 2.75) is 32.9 Å². The Hall–Kier alpha value is -1.77. The van der Waals surface area contributed by atoms with E-state index in [1.165, 1.54) is 16.8 Å². The molecule has 0 aliphatic carbocycles. The fourth-order valence-electron chi connectivity index (χ4n) is 3.19. The van der Waals surface area contributed by atoms with Gasteiger partial charge in [0, 0.05) is 22.8 Å². The van der Waals surface area contributed by atoms with Crippen LogP contribution < -0.4 is 11.1 Å². The predicted molar refractivity (Wildman–Crippen MR) is 96.1 cm³/mol. The fraction of sp³-hybridized carbons (Fsp3) is 0.263. The van der Waals surface area contributed by atoms with Crippen LogP contribution in [0.4, 0.5) is 5.69 Å². The molecule has 114 valence electrons. The van der Waals surface area contributed by atoms with Gasteiger partial charge in [0.05, 0.1) is 5.54 Å². The van der Waals surface area contributed by atoms with Crippen LogP contribution in [0.1, 0.15) is 31.9 Å². The first-order chi connectivity index (χ1) is 10.4. The van der Waals surface area contributed by atoms with Crippen LogP contribution in [0.5, 0.6) is 0 Å². The first-order valence-corrected chi connectivity index (χ1v) is 7.89. The molecular weight excluding hydrogens is 292 g/mol. The first kappa shape index (κ1) is 15.1. The maximum absolute atomic E-state index is 6.29. The molecule has 0 amide bonds. The summed E-state index contributed by atoms with van der Waals surface area (Å²) >= 11 is 6.29. The van der Waals surface area contributed by atoms with Gasteiger partial charge in [-0.25, -0.2) is 0 Å². The molecule has 0 fully saturated rings. The molecule has 3 rings (SSSR count). The Labute approximate surface area is 137 Å². The SMILES string of the molecule is CC1=CC(C)(C)Nc2ccc(-c3cccc(Cl)c3CN)cc21. The highest BCUT2D eigenvalue weighted by Gasteiger charge is 2.22. The van der Waals surface area contributed by atoms with Crippen LogP contribution in [0.15, 0.2) is 42.5 Å². The van der Waals surface area contributed by atoms with Crippen LogP contribution in [-0.2, 0) is 6.54 Å². The fourth-order valence-corrected chi connectivity index (χ4v) is 3.44. The van der Waals surface area contributed by atoms with Crippen LogP contribution in [0.25, 0.3) is 16.7 Å². The van der Waals surface area contributed by atoms with E-state index in [4.69, 9.17) is 17.3 Å². The standard InChI is InChI=1S/C19H21ClN2/c1-12-10-19(2,3)22-18-8-7-13(9-15(12)18)14-5-4-6-17(20)16(14)11-21/h4-10,22H,11,21H2,1-3H3. The Morgan fingerprint density at radius 3 is 2.64 bits per heavy atom. The molecule has 0 unspecified atom stereocenters. The van der Waals surface area contributed by atoms with Crippen LogP contribution >= 0.6 is 11.6 Å². The molecule has 1 aliphatic heterocycles. The van der Waals surface area contributed by atoms with Crippen molar-refractivity contribution in [3.63, 3.8) is 0 Å². The van der Waals surface area contributed by atoms with Crippen molar-refractivity contribution in [2.24, 2.45) is 5.73 Å². The number of fused-ring (bicyclic) bond motifs is 1. The third-order valence-electron chi connectivity index (χ3n) is 4.11. The largest absolute Gasteiger partial charge is 0.376 e. The molecule has 0 radical (unpaired) electrons. The van der Waals surface area contributed by atoms with Gasteiger partial charge >= 0.3 is 0 Å². The summed E-state index contributed by atoms with van der Waals surface area (Å²) in [7, 11) is 0. The molecule has 3 N–H and O–H groups in total. The maximum Gasteiger partial charge on any atom is 0.0505 e. The molecule has 0 bridgehead atoms. The number of hydrogen-bond donors (Lipinski definition) is 2. The van der Waals surface area contributed by atoms with Crippen LogP contribution in [0, 0.1) is 0 Å². The minimum atomic E-state index is -0.0168. The molecule has 2 aromatic carbocycles. The third-order valence-corrected chi connectivity index (χ3v) is 4.47. The number of hydrogen-bond acceptors (Lipinski definition) is 2. The molecule has 2 aromatic rings. The summed E-state index contributed by atoms with van der Waals surface area (Å²) < 4.78 is 0. The zero-order chi connectivity index (χ0) is 15.9. The zero-order valence-corrected chi connectivity index (χ0v) is 14.0. The van der Waals surface area contributed by atoms with Crippen LogP contribution in [-0.4, -0.2) is 5.54 Å². The molecular formula is C19H21ClN2. The van der Waals surface area contributed by atoms with Crippen molar-refractivity contribution in [1.29, 1.82) is 0 Å². The second kappa shape index (κ2) is 5.45. The Morgan fingerprint density at radius 2 is 1.91 bits per heavy atom. The van der Waals surface area contributed by atoms with E-state index in [0.717, 1.165) is 21.7 Å². The average Bonchev–Trinajstić information content (AvgIpc) is 2.45.